The molecule has 0 aliphatic heterocycles. The average Bonchev–Trinajstić information content (AvgIpc) is 2.47. The minimum absolute atomic E-state index is 0.150. The summed E-state index contributed by atoms with van der Waals surface area (Å²) in [6.45, 7) is 4.03. The van der Waals surface area contributed by atoms with Gasteiger partial charge in [0.1, 0.15) is 0 Å². The topological polar surface area (TPSA) is 40.5 Å². The smallest absolute Gasteiger partial charge is 0.0916 e. The highest BCUT2D eigenvalue weighted by Gasteiger charge is 2.40. The predicted molar refractivity (Wildman–Crippen MR) is 71.4 cm³/mol. The molecule has 0 heterocycles. The van der Waals surface area contributed by atoms with Crippen molar-refractivity contribution < 1.29 is 10.2 Å². The number of allylic oxidation sites excluding steroid dienone is 3. The van der Waals surface area contributed by atoms with Gasteiger partial charge in [-0.05, 0) is 16.7 Å². The van der Waals surface area contributed by atoms with E-state index in [0.717, 1.165) is 16.7 Å². The van der Waals surface area contributed by atoms with Gasteiger partial charge in [-0.2, -0.15) is 0 Å². The van der Waals surface area contributed by atoms with Crippen LogP contribution in [0.5, 0.6) is 0 Å². The quantitative estimate of drug-likeness (QED) is 0.730. The van der Waals surface area contributed by atoms with Crippen LogP contribution in [0.3, 0.4) is 0 Å². The van der Waals surface area contributed by atoms with E-state index in [4.69, 9.17) is 0 Å². The van der Waals surface area contributed by atoms with Crippen molar-refractivity contribution in [2.24, 2.45) is 0 Å². The van der Waals surface area contributed by atoms with E-state index in [-0.39, 0.29) is 11.8 Å². The number of aliphatic hydroxyl groups excluding tert-OH is 2. The van der Waals surface area contributed by atoms with Crippen LogP contribution in [0, 0.1) is 0 Å². The van der Waals surface area contributed by atoms with Gasteiger partial charge in [0.25, 0.3) is 0 Å². The van der Waals surface area contributed by atoms with Crippen molar-refractivity contribution >= 4 is 0 Å². The summed E-state index contributed by atoms with van der Waals surface area (Å²) in [4.78, 5) is 0. The average molecular weight is 240 g/mol. The molecular weight excluding hydrogens is 224 g/mol. The van der Waals surface area contributed by atoms with Crippen molar-refractivity contribution in [1.29, 1.82) is 0 Å². The maximum Gasteiger partial charge on any atom is 0.0916 e. The van der Waals surface area contributed by atoms with Crippen LogP contribution in [0.15, 0.2) is 60.7 Å². The first-order valence-electron chi connectivity index (χ1n) is 6.19. The van der Waals surface area contributed by atoms with Gasteiger partial charge in [0.2, 0.25) is 0 Å². The highest BCUT2D eigenvalue weighted by atomic mass is 16.3. The van der Waals surface area contributed by atoms with Gasteiger partial charge in [0.05, 0.1) is 12.2 Å². The number of hydrogen-bond acceptors (Lipinski definition) is 2. The van der Waals surface area contributed by atoms with E-state index in [1.54, 1.807) is 0 Å². The molecule has 2 bridgehead atoms. The summed E-state index contributed by atoms with van der Waals surface area (Å²) in [6.07, 6.45) is 6.09. The first kappa shape index (κ1) is 11.5. The Morgan fingerprint density at radius 3 is 2.44 bits per heavy atom. The molecule has 0 radical (unpaired) electrons. The highest BCUT2D eigenvalue weighted by molar-refractivity contribution is 5.48. The summed E-state index contributed by atoms with van der Waals surface area (Å²) in [5.74, 6) is -0.369. The lowest BCUT2D eigenvalue weighted by Crippen LogP contribution is -2.41. The zero-order chi connectivity index (χ0) is 12.7. The number of benzene rings is 1. The highest BCUT2D eigenvalue weighted by Crippen LogP contribution is 2.43. The van der Waals surface area contributed by atoms with Gasteiger partial charge in [0, 0.05) is 11.8 Å². The SMILES string of the molecule is C=C1/C=C\C=C/C2c3ccccc3C1C(O)C2O. The molecule has 2 heteroatoms. The van der Waals surface area contributed by atoms with Crippen LogP contribution >= 0.6 is 0 Å². The third-order valence-electron chi connectivity index (χ3n) is 3.89. The normalized spacial score (nSPS) is 37.3. The summed E-state index contributed by atoms with van der Waals surface area (Å²) in [7, 11) is 0. The zero-order valence-electron chi connectivity index (χ0n) is 10.0. The third kappa shape index (κ3) is 1.57. The first-order chi connectivity index (χ1) is 8.70. The monoisotopic (exact) mass is 240 g/mol. The molecule has 2 aliphatic rings. The molecule has 18 heavy (non-hydrogen) atoms. The molecule has 4 unspecified atom stereocenters. The van der Waals surface area contributed by atoms with Gasteiger partial charge in [-0.15, -0.1) is 0 Å². The molecular formula is C16H16O2. The van der Waals surface area contributed by atoms with Crippen molar-refractivity contribution in [1.82, 2.24) is 0 Å². The van der Waals surface area contributed by atoms with Crippen molar-refractivity contribution in [3.05, 3.63) is 71.8 Å². The van der Waals surface area contributed by atoms with E-state index in [0.29, 0.717) is 0 Å². The maximum atomic E-state index is 10.3. The van der Waals surface area contributed by atoms with Crippen molar-refractivity contribution in [3.8, 4) is 0 Å². The fraction of sp³-hybridized carbons (Fsp3) is 0.250. The van der Waals surface area contributed by atoms with Crippen LogP contribution in [0.1, 0.15) is 23.0 Å². The summed E-state index contributed by atoms with van der Waals surface area (Å²) in [5.41, 5.74) is 2.99. The van der Waals surface area contributed by atoms with Crippen LogP contribution in [0.25, 0.3) is 0 Å². The molecule has 0 spiro atoms. The van der Waals surface area contributed by atoms with Crippen LogP contribution < -0.4 is 0 Å². The molecule has 0 aromatic heterocycles. The lowest BCUT2D eigenvalue weighted by atomic mass is 9.71. The first-order valence-corrected chi connectivity index (χ1v) is 6.19. The number of hydrogen-bond donors (Lipinski definition) is 2. The number of rotatable bonds is 0. The Kier molecular flexibility index (Phi) is 2.69. The molecule has 0 amide bonds. The van der Waals surface area contributed by atoms with Crippen molar-refractivity contribution in [3.63, 3.8) is 0 Å². The van der Waals surface area contributed by atoms with Gasteiger partial charge in [-0.25, -0.2) is 0 Å². The molecule has 0 saturated heterocycles. The third-order valence-corrected chi connectivity index (χ3v) is 3.89. The Morgan fingerprint density at radius 2 is 1.67 bits per heavy atom. The Balaban J connectivity index is 2.27. The second-order valence-electron chi connectivity index (χ2n) is 4.93. The molecule has 2 N–H and O–H groups in total. The van der Waals surface area contributed by atoms with Crippen molar-refractivity contribution in [2.75, 3.05) is 0 Å². The number of aliphatic hydroxyl groups is 2. The van der Waals surface area contributed by atoms with Crippen LogP contribution in [-0.4, -0.2) is 22.4 Å². The Morgan fingerprint density at radius 1 is 0.944 bits per heavy atom. The van der Waals surface area contributed by atoms with Crippen LogP contribution in [-0.2, 0) is 0 Å². The van der Waals surface area contributed by atoms with Gasteiger partial charge < -0.3 is 10.2 Å². The van der Waals surface area contributed by atoms with Gasteiger partial charge in [-0.1, -0.05) is 55.1 Å². The van der Waals surface area contributed by atoms with E-state index in [1.165, 1.54) is 0 Å². The van der Waals surface area contributed by atoms with E-state index < -0.39 is 12.2 Å². The molecule has 1 aromatic rings. The molecule has 1 aromatic carbocycles. The zero-order valence-corrected chi connectivity index (χ0v) is 10.0. The molecule has 4 atom stereocenters. The van der Waals surface area contributed by atoms with Crippen molar-refractivity contribution in [2.45, 2.75) is 24.0 Å². The van der Waals surface area contributed by atoms with E-state index in [9.17, 15) is 10.2 Å². The second-order valence-corrected chi connectivity index (χ2v) is 4.93. The maximum absolute atomic E-state index is 10.3. The molecule has 0 saturated carbocycles. The second kappa shape index (κ2) is 4.23. The summed E-state index contributed by atoms with van der Waals surface area (Å²) in [6, 6.07) is 7.96. The Labute approximate surface area is 107 Å². The minimum Gasteiger partial charge on any atom is -0.389 e. The fourth-order valence-corrected chi connectivity index (χ4v) is 2.98. The van der Waals surface area contributed by atoms with Gasteiger partial charge >= 0.3 is 0 Å². The van der Waals surface area contributed by atoms with Crippen LogP contribution in [0.4, 0.5) is 0 Å². The van der Waals surface area contributed by atoms with E-state index >= 15 is 0 Å². The summed E-state index contributed by atoms with van der Waals surface area (Å²) < 4.78 is 0. The Hall–Kier alpha value is -1.64. The van der Waals surface area contributed by atoms with Crippen LogP contribution in [0.2, 0.25) is 0 Å². The van der Waals surface area contributed by atoms with E-state index in [1.807, 2.05) is 48.6 Å². The lowest BCUT2D eigenvalue weighted by molar-refractivity contribution is -0.00570. The van der Waals surface area contributed by atoms with Gasteiger partial charge in [-0.3, -0.25) is 0 Å². The summed E-state index contributed by atoms with van der Waals surface area (Å²) >= 11 is 0. The Bertz CT molecular complexity index is 542. The molecule has 3 rings (SSSR count). The molecule has 0 fully saturated rings. The van der Waals surface area contributed by atoms with E-state index in [2.05, 4.69) is 6.58 Å². The predicted octanol–water partition coefficient (Wildman–Crippen LogP) is 2.27. The molecule has 92 valence electrons. The standard InChI is InChI=1S/C16H16O2/c1-10-6-2-3-9-13-11-7-4-5-8-12(11)14(10)16(18)15(13)17/h2-9,13-18H,1H2/b6-2-,9-3-. The lowest BCUT2D eigenvalue weighted by Gasteiger charge is -2.38. The van der Waals surface area contributed by atoms with Gasteiger partial charge in [0.15, 0.2) is 0 Å². The molecule has 2 aliphatic carbocycles. The fourth-order valence-electron chi connectivity index (χ4n) is 2.98. The largest absolute Gasteiger partial charge is 0.389 e. The summed E-state index contributed by atoms with van der Waals surface area (Å²) in [5, 5.41) is 20.6. The minimum atomic E-state index is -0.801. The molecule has 2 nitrogen and oxygen atoms in total.